The van der Waals surface area contributed by atoms with Crippen molar-refractivity contribution in [3.63, 3.8) is 0 Å². The highest BCUT2D eigenvalue weighted by molar-refractivity contribution is 5.40. The highest BCUT2D eigenvalue weighted by Crippen LogP contribution is 2.40. The molecular formula is C21H26F4N2O7. The molecule has 2 heterocycles. The number of rotatable bonds is 7. The van der Waals surface area contributed by atoms with Gasteiger partial charge >= 0.3 is 6.18 Å². The topological polar surface area (TPSA) is 126 Å². The number of alkyl halides is 3. The molecule has 2 aromatic rings. The summed E-state index contributed by atoms with van der Waals surface area (Å²) < 4.78 is 73.1. The van der Waals surface area contributed by atoms with Crippen LogP contribution in [0.1, 0.15) is 36.7 Å². The van der Waals surface area contributed by atoms with Crippen molar-refractivity contribution in [2.24, 2.45) is 0 Å². The highest BCUT2D eigenvalue weighted by Gasteiger charge is 2.47. The molecule has 4 N–H and O–H groups in total. The molecule has 190 valence electrons. The van der Waals surface area contributed by atoms with Crippen LogP contribution in [0.2, 0.25) is 0 Å². The van der Waals surface area contributed by atoms with Crippen molar-refractivity contribution in [3.05, 3.63) is 40.8 Å². The van der Waals surface area contributed by atoms with E-state index in [1.807, 2.05) is 0 Å². The molecule has 1 aliphatic rings. The summed E-state index contributed by atoms with van der Waals surface area (Å²) in [6.45, 7) is 2.15. The van der Waals surface area contributed by atoms with Crippen LogP contribution in [-0.4, -0.2) is 74.6 Å². The summed E-state index contributed by atoms with van der Waals surface area (Å²) >= 11 is 0. The van der Waals surface area contributed by atoms with Crippen LogP contribution in [0.3, 0.4) is 0 Å². The van der Waals surface area contributed by atoms with E-state index in [9.17, 15) is 38.0 Å². The number of nitrogens with zero attached hydrogens (tertiary/aromatic N) is 2. The Morgan fingerprint density at radius 3 is 2.35 bits per heavy atom. The Bertz CT molecular complexity index is 996. The van der Waals surface area contributed by atoms with Crippen LogP contribution in [0.25, 0.3) is 0 Å². The van der Waals surface area contributed by atoms with Gasteiger partial charge in [0.25, 0.3) is 0 Å². The highest BCUT2D eigenvalue weighted by atomic mass is 19.4. The molecule has 34 heavy (non-hydrogen) atoms. The van der Waals surface area contributed by atoms with Gasteiger partial charge in [-0.25, -0.2) is 4.39 Å². The summed E-state index contributed by atoms with van der Waals surface area (Å²) in [6, 6.07) is 2.89. The average molecular weight is 494 g/mol. The minimum Gasteiger partial charge on any atom is -0.497 e. The van der Waals surface area contributed by atoms with E-state index in [-0.39, 0.29) is 11.3 Å². The van der Waals surface area contributed by atoms with Crippen molar-refractivity contribution >= 4 is 0 Å². The predicted molar refractivity (Wildman–Crippen MR) is 108 cm³/mol. The number of aromatic nitrogens is 2. The fourth-order valence-corrected chi connectivity index (χ4v) is 3.64. The van der Waals surface area contributed by atoms with Gasteiger partial charge in [0.05, 0.1) is 19.3 Å². The zero-order valence-corrected chi connectivity index (χ0v) is 18.5. The third-order valence-corrected chi connectivity index (χ3v) is 5.43. The number of hydrogen-bond acceptors (Lipinski definition) is 8. The van der Waals surface area contributed by atoms with Crippen molar-refractivity contribution in [1.82, 2.24) is 9.78 Å². The first-order valence-corrected chi connectivity index (χ1v) is 10.4. The summed E-state index contributed by atoms with van der Waals surface area (Å²) in [5.41, 5.74) is -1.81. The number of ether oxygens (including phenoxy) is 3. The van der Waals surface area contributed by atoms with Gasteiger partial charge in [-0.05, 0) is 25.5 Å². The maximum absolute atomic E-state index is 14.6. The molecule has 0 aliphatic carbocycles. The fraction of sp³-hybridized carbons (Fsp3) is 0.571. The Kier molecular flexibility index (Phi) is 7.72. The van der Waals surface area contributed by atoms with Crippen LogP contribution in [0, 0.1) is 5.82 Å². The maximum atomic E-state index is 14.6. The SMILES string of the molecule is COc1ccc(Cc2c(O[C@@H]3O[C@H](CO)[C@@H](O)[C@H](O)[C@H]3O)nn(C(C)C)c2C(F)(F)F)c(F)c1. The summed E-state index contributed by atoms with van der Waals surface area (Å²) in [6.07, 6.45) is -14.0. The smallest absolute Gasteiger partial charge is 0.433 e. The molecule has 0 spiro atoms. The first-order chi connectivity index (χ1) is 15.9. The third kappa shape index (κ3) is 5.13. The lowest BCUT2D eigenvalue weighted by molar-refractivity contribution is -0.278. The van der Waals surface area contributed by atoms with Gasteiger partial charge in [-0.3, -0.25) is 4.68 Å². The molecule has 5 atom stereocenters. The van der Waals surface area contributed by atoms with E-state index in [1.165, 1.54) is 33.1 Å². The number of halogens is 4. The number of aliphatic hydroxyl groups excluding tert-OH is 4. The molecule has 1 aromatic heterocycles. The van der Waals surface area contributed by atoms with Gasteiger partial charge < -0.3 is 34.6 Å². The molecule has 0 unspecified atom stereocenters. The van der Waals surface area contributed by atoms with Crippen molar-refractivity contribution in [2.45, 2.75) is 63.2 Å². The van der Waals surface area contributed by atoms with Crippen LogP contribution in [0.4, 0.5) is 17.6 Å². The number of methoxy groups -OCH3 is 1. The van der Waals surface area contributed by atoms with Crippen LogP contribution in [0.15, 0.2) is 18.2 Å². The second-order valence-electron chi connectivity index (χ2n) is 8.12. The van der Waals surface area contributed by atoms with Crippen LogP contribution >= 0.6 is 0 Å². The van der Waals surface area contributed by atoms with Gasteiger partial charge in [0.15, 0.2) is 0 Å². The lowest BCUT2D eigenvalue weighted by Gasteiger charge is -2.39. The Balaban J connectivity index is 2.08. The van der Waals surface area contributed by atoms with Crippen molar-refractivity contribution < 1.29 is 52.2 Å². The molecule has 0 bridgehead atoms. The first-order valence-electron chi connectivity index (χ1n) is 10.4. The lowest BCUT2D eigenvalue weighted by Crippen LogP contribution is -2.60. The minimum atomic E-state index is -4.90. The van der Waals surface area contributed by atoms with E-state index in [0.717, 1.165) is 6.07 Å². The van der Waals surface area contributed by atoms with Gasteiger partial charge in [0.1, 0.15) is 41.7 Å². The Morgan fingerprint density at radius 2 is 1.82 bits per heavy atom. The van der Waals surface area contributed by atoms with Crippen LogP contribution in [-0.2, 0) is 17.3 Å². The van der Waals surface area contributed by atoms with E-state index in [1.54, 1.807) is 0 Å². The van der Waals surface area contributed by atoms with E-state index >= 15 is 0 Å². The normalized spacial score (nSPS) is 25.6. The molecule has 0 amide bonds. The molecule has 3 rings (SSSR count). The number of hydrogen-bond donors (Lipinski definition) is 4. The standard InChI is InChI=1S/C21H26F4N2O7/c1-9(2)27-18(21(23,24)25)12(6-10-4-5-11(32-3)7-13(10)22)19(26-27)34-20-17(31)16(30)15(29)14(8-28)33-20/h4-5,7,9,14-17,20,28-31H,6,8H2,1-3H3/t14-,15-,16+,17-,20+/m1/s1. The second-order valence-corrected chi connectivity index (χ2v) is 8.12. The van der Waals surface area contributed by atoms with Crippen LogP contribution in [0.5, 0.6) is 11.6 Å². The maximum Gasteiger partial charge on any atom is 0.433 e. The molecule has 1 aromatic carbocycles. The lowest BCUT2D eigenvalue weighted by atomic mass is 9.99. The third-order valence-electron chi connectivity index (χ3n) is 5.43. The average Bonchev–Trinajstić information content (AvgIpc) is 3.14. The molecule has 0 saturated carbocycles. The summed E-state index contributed by atoms with van der Waals surface area (Å²) in [5, 5.41) is 43.4. The summed E-state index contributed by atoms with van der Waals surface area (Å²) in [7, 11) is 1.31. The van der Waals surface area contributed by atoms with E-state index in [4.69, 9.17) is 14.2 Å². The molecule has 9 nitrogen and oxygen atoms in total. The van der Waals surface area contributed by atoms with Gasteiger partial charge in [0, 0.05) is 18.5 Å². The molecule has 1 aliphatic heterocycles. The molecule has 1 saturated heterocycles. The van der Waals surface area contributed by atoms with Crippen LogP contribution < -0.4 is 9.47 Å². The molecular weight excluding hydrogens is 468 g/mol. The second kappa shape index (κ2) is 10.0. The Labute approximate surface area is 192 Å². The Morgan fingerprint density at radius 1 is 1.15 bits per heavy atom. The fourth-order valence-electron chi connectivity index (χ4n) is 3.64. The van der Waals surface area contributed by atoms with E-state index in [0.29, 0.717) is 4.68 Å². The Hall–Kier alpha value is -2.45. The molecule has 0 radical (unpaired) electrons. The van der Waals surface area contributed by atoms with Gasteiger partial charge in [-0.2, -0.15) is 13.2 Å². The predicted octanol–water partition coefficient (Wildman–Crippen LogP) is 1.40. The monoisotopic (exact) mass is 494 g/mol. The molecule has 13 heteroatoms. The van der Waals surface area contributed by atoms with Gasteiger partial charge in [0.2, 0.25) is 12.2 Å². The van der Waals surface area contributed by atoms with Crippen molar-refractivity contribution in [2.75, 3.05) is 13.7 Å². The van der Waals surface area contributed by atoms with Gasteiger partial charge in [-0.1, -0.05) is 6.07 Å². The summed E-state index contributed by atoms with van der Waals surface area (Å²) in [5.74, 6) is -1.25. The summed E-state index contributed by atoms with van der Waals surface area (Å²) in [4.78, 5) is 0. The quantitative estimate of drug-likeness (QED) is 0.426. The molecule has 1 fully saturated rings. The van der Waals surface area contributed by atoms with Crippen molar-refractivity contribution in [1.29, 1.82) is 0 Å². The number of benzene rings is 1. The largest absolute Gasteiger partial charge is 0.497 e. The zero-order valence-electron chi connectivity index (χ0n) is 18.5. The van der Waals surface area contributed by atoms with Gasteiger partial charge in [-0.15, -0.1) is 5.10 Å². The number of aliphatic hydroxyl groups is 4. The zero-order chi connectivity index (χ0) is 25.4. The van der Waals surface area contributed by atoms with E-state index in [2.05, 4.69) is 5.10 Å². The minimum absolute atomic E-state index is 0.103. The first kappa shape index (κ1) is 26.2. The van der Waals surface area contributed by atoms with E-state index < -0.39 is 78.9 Å². The van der Waals surface area contributed by atoms with Crippen molar-refractivity contribution in [3.8, 4) is 11.6 Å².